The summed E-state index contributed by atoms with van der Waals surface area (Å²) in [4.78, 5) is 17.6. The number of phenolic OH excluding ortho intramolecular Hbond substituents is 1. The fourth-order valence-electron chi connectivity index (χ4n) is 3.38. The van der Waals surface area contributed by atoms with Crippen molar-refractivity contribution in [1.82, 2.24) is 9.88 Å². The van der Waals surface area contributed by atoms with Crippen molar-refractivity contribution in [1.29, 1.82) is 0 Å². The summed E-state index contributed by atoms with van der Waals surface area (Å²) in [6.07, 6.45) is 1.88. The molecule has 5 nitrogen and oxygen atoms in total. The number of phenols is 1. The highest BCUT2D eigenvalue weighted by atomic mass is 35.5. The van der Waals surface area contributed by atoms with Crippen LogP contribution in [0.1, 0.15) is 22.5 Å². The van der Waals surface area contributed by atoms with E-state index in [2.05, 4.69) is 14.9 Å². The van der Waals surface area contributed by atoms with Gasteiger partial charge in [-0.3, -0.25) is 4.79 Å². The van der Waals surface area contributed by atoms with E-state index in [0.29, 0.717) is 15.1 Å². The van der Waals surface area contributed by atoms with E-state index in [0.717, 1.165) is 33.9 Å². The van der Waals surface area contributed by atoms with Crippen molar-refractivity contribution in [2.45, 2.75) is 20.8 Å². The van der Waals surface area contributed by atoms with Gasteiger partial charge >= 0.3 is 0 Å². The zero-order valence-corrected chi connectivity index (χ0v) is 18.3. The molecule has 0 spiro atoms. The van der Waals surface area contributed by atoms with E-state index in [9.17, 15) is 9.90 Å². The highest BCUT2D eigenvalue weighted by molar-refractivity contribution is 8.18. The average Bonchev–Trinajstić information content (AvgIpc) is 3.19. The quantitative estimate of drug-likeness (QED) is 0.520. The lowest BCUT2D eigenvalue weighted by Gasteiger charge is -2.09. The van der Waals surface area contributed by atoms with Crippen LogP contribution in [0.25, 0.3) is 11.8 Å². The Kier molecular flexibility index (Phi) is 5.45. The largest absolute Gasteiger partial charge is 0.508 e. The van der Waals surface area contributed by atoms with E-state index >= 15 is 0 Å². The average molecular weight is 438 g/mol. The number of rotatable bonds is 3. The number of halogens is 1. The van der Waals surface area contributed by atoms with Crippen LogP contribution in [0.15, 0.2) is 58.4 Å². The molecule has 3 aromatic rings. The molecule has 30 heavy (non-hydrogen) atoms. The van der Waals surface area contributed by atoms with Crippen molar-refractivity contribution in [3.63, 3.8) is 0 Å². The van der Waals surface area contributed by atoms with Crippen LogP contribution < -0.4 is 5.32 Å². The normalized spacial score (nSPS) is 16.5. The number of nitrogens with one attached hydrogen (secondary N) is 1. The fraction of sp³-hybridized carbons (Fsp3) is 0.130. The van der Waals surface area contributed by atoms with E-state index < -0.39 is 0 Å². The van der Waals surface area contributed by atoms with E-state index in [1.807, 2.05) is 63.2 Å². The maximum Gasteiger partial charge on any atom is 0.264 e. The third-order valence-electron chi connectivity index (χ3n) is 4.98. The summed E-state index contributed by atoms with van der Waals surface area (Å²) in [5.41, 5.74) is 5.56. The third kappa shape index (κ3) is 3.88. The molecule has 2 aromatic carbocycles. The Balaban J connectivity index is 1.65. The zero-order valence-electron chi connectivity index (χ0n) is 16.7. The molecule has 152 valence electrons. The molecule has 7 heteroatoms. The molecule has 2 heterocycles. The van der Waals surface area contributed by atoms with Gasteiger partial charge < -0.3 is 15.0 Å². The topological polar surface area (TPSA) is 66.6 Å². The van der Waals surface area contributed by atoms with Gasteiger partial charge in [-0.05, 0) is 92.2 Å². The predicted molar refractivity (Wildman–Crippen MR) is 124 cm³/mol. The molecule has 1 fully saturated rings. The summed E-state index contributed by atoms with van der Waals surface area (Å²) in [5, 5.41) is 13.5. The van der Waals surface area contributed by atoms with Crippen molar-refractivity contribution < 1.29 is 9.90 Å². The Hall–Kier alpha value is -2.96. The van der Waals surface area contributed by atoms with Crippen LogP contribution in [-0.2, 0) is 4.79 Å². The first-order chi connectivity index (χ1) is 14.3. The maximum atomic E-state index is 12.5. The first kappa shape index (κ1) is 20.3. The first-order valence-corrected chi connectivity index (χ1v) is 10.6. The van der Waals surface area contributed by atoms with Gasteiger partial charge in [-0.15, -0.1) is 0 Å². The molecule has 0 saturated carbocycles. The second kappa shape index (κ2) is 8.05. The van der Waals surface area contributed by atoms with E-state index in [1.165, 1.54) is 11.8 Å². The maximum absolute atomic E-state index is 12.5. The van der Waals surface area contributed by atoms with Gasteiger partial charge in [0.15, 0.2) is 5.17 Å². The minimum absolute atomic E-state index is 0.173. The van der Waals surface area contributed by atoms with Crippen molar-refractivity contribution in [3.8, 4) is 11.4 Å². The number of thioether (sulfide) groups is 1. The number of aromatic nitrogens is 1. The molecule has 0 aliphatic carbocycles. The summed E-state index contributed by atoms with van der Waals surface area (Å²) < 4.78 is 2.09. The SMILES string of the molecule is Cc1c(Cl)cccc1N=C1NC(=O)/C(=C\c2cc(C)n(-c3ccc(O)cc3)c2C)S1. The number of carbonyl (C=O) groups is 1. The van der Waals surface area contributed by atoms with Crippen LogP contribution in [0.2, 0.25) is 5.02 Å². The zero-order chi connectivity index (χ0) is 21.4. The first-order valence-electron chi connectivity index (χ1n) is 9.36. The van der Waals surface area contributed by atoms with Crippen molar-refractivity contribution in [2.24, 2.45) is 4.99 Å². The highest BCUT2D eigenvalue weighted by Gasteiger charge is 2.25. The molecule has 0 atom stereocenters. The summed E-state index contributed by atoms with van der Waals surface area (Å²) in [6, 6.07) is 14.6. The van der Waals surface area contributed by atoms with Crippen LogP contribution in [0.3, 0.4) is 0 Å². The van der Waals surface area contributed by atoms with E-state index in [4.69, 9.17) is 11.6 Å². The van der Waals surface area contributed by atoms with Crippen molar-refractivity contribution >= 4 is 46.2 Å². The number of hydrogen-bond donors (Lipinski definition) is 2. The van der Waals surface area contributed by atoms with Gasteiger partial charge in [0.1, 0.15) is 5.75 Å². The number of aliphatic imine (C=N–C) groups is 1. The molecule has 2 N–H and O–H groups in total. The number of aromatic hydroxyl groups is 1. The molecule has 0 unspecified atom stereocenters. The summed E-state index contributed by atoms with van der Waals surface area (Å²) in [6.45, 7) is 5.92. The highest BCUT2D eigenvalue weighted by Crippen LogP contribution is 2.32. The second-order valence-corrected chi connectivity index (χ2v) is 8.48. The lowest BCUT2D eigenvalue weighted by molar-refractivity contribution is -0.115. The van der Waals surface area contributed by atoms with Crippen LogP contribution in [-0.4, -0.2) is 20.7 Å². The number of nitrogens with zero attached hydrogens (tertiary/aromatic N) is 2. The summed E-state index contributed by atoms with van der Waals surface area (Å²) >= 11 is 7.48. The minimum atomic E-state index is -0.173. The van der Waals surface area contributed by atoms with Crippen LogP contribution in [0.5, 0.6) is 5.75 Å². The number of amides is 1. The number of benzene rings is 2. The van der Waals surface area contributed by atoms with Crippen molar-refractivity contribution in [2.75, 3.05) is 0 Å². The molecule has 4 rings (SSSR count). The molecule has 1 aromatic heterocycles. The fourth-order valence-corrected chi connectivity index (χ4v) is 4.38. The lowest BCUT2D eigenvalue weighted by atomic mass is 10.2. The molecule has 1 amide bonds. The third-order valence-corrected chi connectivity index (χ3v) is 6.30. The van der Waals surface area contributed by atoms with Crippen LogP contribution >= 0.6 is 23.4 Å². The predicted octanol–water partition coefficient (Wildman–Crippen LogP) is 5.65. The van der Waals surface area contributed by atoms with Gasteiger partial charge in [0, 0.05) is 22.1 Å². The smallest absolute Gasteiger partial charge is 0.264 e. The lowest BCUT2D eigenvalue weighted by Crippen LogP contribution is -2.19. The number of hydrogen-bond acceptors (Lipinski definition) is 4. The Morgan fingerprint density at radius 3 is 2.60 bits per heavy atom. The molecule has 1 aliphatic rings. The number of carbonyl (C=O) groups excluding carboxylic acids is 1. The second-order valence-electron chi connectivity index (χ2n) is 7.04. The van der Waals surface area contributed by atoms with E-state index in [1.54, 1.807) is 12.1 Å². The van der Waals surface area contributed by atoms with Gasteiger partial charge in [0.05, 0.1) is 10.6 Å². The van der Waals surface area contributed by atoms with E-state index in [-0.39, 0.29) is 11.7 Å². The number of amidine groups is 1. The van der Waals surface area contributed by atoms with Gasteiger partial charge in [0.2, 0.25) is 0 Å². The molecular formula is C23H20ClN3O2S. The Morgan fingerprint density at radius 1 is 1.13 bits per heavy atom. The summed E-state index contributed by atoms with van der Waals surface area (Å²) in [5.74, 6) is 0.0530. The Bertz CT molecular complexity index is 1210. The van der Waals surface area contributed by atoms with Crippen LogP contribution in [0, 0.1) is 20.8 Å². The van der Waals surface area contributed by atoms with Gasteiger partial charge in [-0.2, -0.15) is 0 Å². The van der Waals surface area contributed by atoms with Crippen molar-refractivity contribution in [3.05, 3.63) is 81.0 Å². The van der Waals surface area contributed by atoms with Gasteiger partial charge in [-0.25, -0.2) is 4.99 Å². The Labute approximate surface area is 184 Å². The molecule has 1 aliphatic heterocycles. The van der Waals surface area contributed by atoms with Crippen LogP contribution in [0.4, 0.5) is 5.69 Å². The number of aryl methyl sites for hydroxylation is 1. The molecule has 0 bridgehead atoms. The monoisotopic (exact) mass is 437 g/mol. The molecule has 1 saturated heterocycles. The van der Waals surface area contributed by atoms with Gasteiger partial charge in [0.25, 0.3) is 5.91 Å². The molecule has 0 radical (unpaired) electrons. The summed E-state index contributed by atoms with van der Waals surface area (Å²) in [7, 11) is 0. The minimum Gasteiger partial charge on any atom is -0.508 e. The van der Waals surface area contributed by atoms with Gasteiger partial charge in [-0.1, -0.05) is 17.7 Å². The molecular weight excluding hydrogens is 418 g/mol. The Morgan fingerprint density at radius 2 is 1.87 bits per heavy atom. The standard InChI is InChI=1S/C23H20ClN3O2S/c1-13-11-16(15(3)27(13)17-7-9-18(28)10-8-17)12-21-22(29)26-23(30-21)25-20-6-4-5-19(24)14(20)2/h4-12,28H,1-3H3,(H,25,26,29)/b21-12+.